The van der Waals surface area contributed by atoms with E-state index in [-0.39, 0.29) is 17.6 Å². The van der Waals surface area contributed by atoms with Gasteiger partial charge in [-0.2, -0.15) is 5.26 Å². The minimum atomic E-state index is -0.892. The lowest BCUT2D eigenvalue weighted by molar-refractivity contribution is -0.120. The maximum Gasteiger partial charge on any atom is 0.231 e. The molecule has 0 aliphatic rings. The van der Waals surface area contributed by atoms with Gasteiger partial charge in [0.2, 0.25) is 5.91 Å². The van der Waals surface area contributed by atoms with Crippen LogP contribution in [-0.2, 0) is 4.79 Å². The number of hydrogen-bond donors (Lipinski definition) is 1. The van der Waals surface area contributed by atoms with E-state index >= 15 is 0 Å². The fraction of sp³-hybridized carbons (Fsp3) is 0.292. The Labute approximate surface area is 181 Å². The molecule has 0 fully saturated rings. The van der Waals surface area contributed by atoms with Crippen LogP contribution in [0.2, 0.25) is 0 Å². The lowest BCUT2D eigenvalue weighted by Crippen LogP contribution is -2.49. The number of rotatable bonds is 7. The van der Waals surface area contributed by atoms with Gasteiger partial charge < -0.3 is 10.1 Å². The number of methoxy groups -OCH3 is 1. The second kappa shape index (κ2) is 9.19. The Morgan fingerprint density at radius 3 is 2.60 bits per heavy atom. The van der Waals surface area contributed by atoms with E-state index in [9.17, 15) is 10.1 Å². The zero-order valence-corrected chi connectivity index (χ0v) is 18.4. The molecule has 0 unspecified atom stereocenters. The van der Waals surface area contributed by atoms with Gasteiger partial charge in [0.05, 0.1) is 29.5 Å². The highest BCUT2D eigenvalue weighted by Gasteiger charge is 2.29. The van der Waals surface area contributed by atoms with Crippen LogP contribution < -0.4 is 10.1 Å². The molecule has 6 heteroatoms. The van der Waals surface area contributed by atoms with E-state index in [1.807, 2.05) is 56.3 Å². The van der Waals surface area contributed by atoms with Crippen molar-refractivity contribution < 1.29 is 9.53 Å². The van der Waals surface area contributed by atoms with E-state index in [0.29, 0.717) is 0 Å². The topological polar surface area (TPSA) is 75.0 Å². The average molecular weight is 420 g/mol. The number of fused-ring (bicyclic) bond motifs is 1. The third kappa shape index (κ3) is 4.74. The summed E-state index contributed by atoms with van der Waals surface area (Å²) in [4.78, 5) is 17.2. The Morgan fingerprint density at radius 1 is 1.23 bits per heavy atom. The summed E-state index contributed by atoms with van der Waals surface area (Å²) in [5.74, 6) is 0.732. The Bertz CT molecular complexity index is 1090. The van der Waals surface area contributed by atoms with Gasteiger partial charge in [-0.25, -0.2) is 4.98 Å². The van der Waals surface area contributed by atoms with Crippen molar-refractivity contribution in [3.8, 4) is 22.9 Å². The highest BCUT2D eigenvalue weighted by molar-refractivity contribution is 7.99. The number of nitriles is 1. The van der Waals surface area contributed by atoms with Crippen molar-refractivity contribution in [2.45, 2.75) is 31.3 Å². The first-order valence-corrected chi connectivity index (χ1v) is 10.7. The highest BCUT2D eigenvalue weighted by atomic mass is 32.2. The maximum absolute atomic E-state index is 12.5. The van der Waals surface area contributed by atoms with Crippen molar-refractivity contribution in [2.24, 2.45) is 5.92 Å². The fourth-order valence-corrected chi connectivity index (χ4v) is 3.72. The molecular formula is C24H25N3O2S. The number of amides is 1. The molecule has 0 aliphatic carbocycles. The number of ether oxygens (including phenoxy) is 1. The molecule has 3 rings (SSSR count). The van der Waals surface area contributed by atoms with Crippen molar-refractivity contribution in [1.82, 2.24) is 10.3 Å². The number of aromatic nitrogens is 1. The van der Waals surface area contributed by atoms with E-state index in [1.54, 1.807) is 14.0 Å². The van der Waals surface area contributed by atoms with Crippen molar-refractivity contribution in [2.75, 3.05) is 12.9 Å². The lowest BCUT2D eigenvalue weighted by Gasteiger charge is -2.27. The summed E-state index contributed by atoms with van der Waals surface area (Å²) in [6.07, 6.45) is 0. The Balaban J connectivity index is 1.91. The number of nitrogens with one attached hydrogen (secondary N) is 1. The molecule has 0 saturated carbocycles. The Kier molecular flexibility index (Phi) is 6.63. The summed E-state index contributed by atoms with van der Waals surface area (Å²) in [6.45, 7) is 5.58. The van der Waals surface area contributed by atoms with Gasteiger partial charge in [0.25, 0.3) is 0 Å². The fourth-order valence-electron chi connectivity index (χ4n) is 3.01. The van der Waals surface area contributed by atoms with Crippen molar-refractivity contribution in [1.29, 1.82) is 5.26 Å². The third-order valence-corrected chi connectivity index (χ3v) is 6.13. The minimum Gasteiger partial charge on any atom is -0.497 e. The average Bonchev–Trinajstić information content (AvgIpc) is 2.77. The molecule has 2 aromatic carbocycles. The molecule has 1 N–H and O–H groups in total. The minimum absolute atomic E-state index is 0.00684. The predicted octanol–water partition coefficient (Wildman–Crippen LogP) is 5.06. The molecule has 5 nitrogen and oxygen atoms in total. The quantitative estimate of drug-likeness (QED) is 0.542. The summed E-state index contributed by atoms with van der Waals surface area (Å²) in [6, 6.07) is 20.1. The smallest absolute Gasteiger partial charge is 0.231 e. The first kappa shape index (κ1) is 21.7. The lowest BCUT2D eigenvalue weighted by atomic mass is 9.90. The van der Waals surface area contributed by atoms with Crippen molar-refractivity contribution in [3.05, 3.63) is 54.6 Å². The van der Waals surface area contributed by atoms with Crippen LogP contribution in [0.25, 0.3) is 22.0 Å². The molecule has 0 spiro atoms. The van der Waals surface area contributed by atoms with Gasteiger partial charge >= 0.3 is 0 Å². The highest BCUT2D eigenvalue weighted by Crippen LogP contribution is 2.33. The van der Waals surface area contributed by atoms with Gasteiger partial charge in [0.15, 0.2) is 0 Å². The molecule has 30 heavy (non-hydrogen) atoms. The first-order chi connectivity index (χ1) is 14.4. The Hall–Kier alpha value is -3.04. The molecule has 1 atom stereocenters. The van der Waals surface area contributed by atoms with Crippen LogP contribution in [0.4, 0.5) is 0 Å². The number of nitrogens with zero attached hydrogens (tertiary/aromatic N) is 2. The molecule has 0 bridgehead atoms. The van der Waals surface area contributed by atoms with E-state index in [0.717, 1.165) is 32.8 Å². The van der Waals surface area contributed by atoms with E-state index in [2.05, 4.69) is 23.5 Å². The molecule has 0 aliphatic heterocycles. The molecule has 0 saturated heterocycles. The number of pyridine rings is 1. The van der Waals surface area contributed by atoms with Crippen molar-refractivity contribution >= 4 is 28.6 Å². The van der Waals surface area contributed by atoms with Crippen LogP contribution in [0, 0.1) is 17.2 Å². The molecule has 0 radical (unpaired) electrons. The van der Waals surface area contributed by atoms with E-state index in [1.165, 1.54) is 11.8 Å². The summed E-state index contributed by atoms with van der Waals surface area (Å²) in [5, 5.41) is 14.0. The summed E-state index contributed by atoms with van der Waals surface area (Å²) >= 11 is 1.36. The first-order valence-electron chi connectivity index (χ1n) is 9.75. The van der Waals surface area contributed by atoms with E-state index in [4.69, 9.17) is 9.72 Å². The van der Waals surface area contributed by atoms with Crippen LogP contribution in [0.1, 0.15) is 20.8 Å². The van der Waals surface area contributed by atoms with E-state index < -0.39 is 5.54 Å². The second-order valence-corrected chi connectivity index (χ2v) is 8.56. The molecule has 154 valence electrons. The van der Waals surface area contributed by atoms with Gasteiger partial charge in [-0.15, -0.1) is 0 Å². The van der Waals surface area contributed by atoms with Crippen LogP contribution in [0.15, 0.2) is 59.6 Å². The number of hydrogen-bond acceptors (Lipinski definition) is 5. The zero-order valence-electron chi connectivity index (χ0n) is 17.6. The summed E-state index contributed by atoms with van der Waals surface area (Å²) < 4.78 is 5.35. The Morgan fingerprint density at radius 2 is 1.97 bits per heavy atom. The normalized spacial score (nSPS) is 12.9. The van der Waals surface area contributed by atoms with Gasteiger partial charge in [0, 0.05) is 11.5 Å². The monoisotopic (exact) mass is 419 g/mol. The number of thioether (sulfide) groups is 1. The number of carbonyl (C=O) groups excluding carboxylic acids is 1. The largest absolute Gasteiger partial charge is 0.497 e. The van der Waals surface area contributed by atoms with Gasteiger partial charge in [0.1, 0.15) is 11.3 Å². The zero-order chi connectivity index (χ0) is 21.7. The summed E-state index contributed by atoms with van der Waals surface area (Å²) in [5.41, 5.74) is 2.05. The number of benzene rings is 2. The number of carbonyl (C=O) groups is 1. The van der Waals surface area contributed by atoms with Crippen LogP contribution in [-0.4, -0.2) is 29.3 Å². The maximum atomic E-state index is 12.5. The molecule has 1 amide bonds. The summed E-state index contributed by atoms with van der Waals surface area (Å²) in [7, 11) is 1.63. The molecular weight excluding hydrogens is 394 g/mol. The standard InChI is InChI=1S/C24H25N3O2S/c1-16(2)24(3,15-25)27-22(28)14-30-23-13-20(17-8-6-5-7-9-17)19-11-10-18(29-4)12-21(19)26-23/h5-13,16H,14H2,1-4H3,(H,27,28)/t24-/m1/s1. The second-order valence-electron chi connectivity index (χ2n) is 7.56. The van der Waals surface area contributed by atoms with Gasteiger partial charge in [-0.05, 0) is 42.2 Å². The van der Waals surface area contributed by atoms with Crippen molar-refractivity contribution in [3.63, 3.8) is 0 Å². The molecule has 1 aromatic heterocycles. The van der Waals surface area contributed by atoms with Gasteiger partial charge in [-0.1, -0.05) is 55.9 Å². The molecule has 3 aromatic rings. The predicted molar refractivity (Wildman–Crippen MR) is 121 cm³/mol. The SMILES string of the molecule is COc1ccc2c(-c3ccccc3)cc(SCC(=O)N[C@](C)(C#N)C(C)C)nc2c1. The van der Waals surface area contributed by atoms with Crippen LogP contribution in [0.5, 0.6) is 5.75 Å². The van der Waals surface area contributed by atoms with Crippen LogP contribution in [0.3, 0.4) is 0 Å². The molecule has 1 heterocycles. The van der Waals surface area contributed by atoms with Crippen LogP contribution >= 0.6 is 11.8 Å². The van der Waals surface area contributed by atoms with Gasteiger partial charge in [-0.3, -0.25) is 4.79 Å². The third-order valence-electron chi connectivity index (χ3n) is 5.22.